The van der Waals surface area contributed by atoms with Gasteiger partial charge in [0.2, 0.25) is 0 Å². The maximum absolute atomic E-state index is 9.13. The summed E-state index contributed by atoms with van der Waals surface area (Å²) in [5, 5.41) is 19.0. The van der Waals surface area contributed by atoms with Gasteiger partial charge in [-0.3, -0.25) is 4.90 Å². The number of nitrogens with zero attached hydrogens (tertiary/aromatic N) is 2. The van der Waals surface area contributed by atoms with E-state index in [9.17, 15) is 0 Å². The quantitative estimate of drug-likeness (QED) is 0.664. The first-order valence-electron chi connectivity index (χ1n) is 7.69. The zero-order valence-corrected chi connectivity index (χ0v) is 13.6. The largest absolute Gasteiger partial charge is 0.457 e. The van der Waals surface area contributed by atoms with Crippen molar-refractivity contribution in [2.45, 2.75) is 13.0 Å². The zero-order valence-electron chi connectivity index (χ0n) is 12.8. The highest BCUT2D eigenvalue weighted by Gasteiger charge is 2.12. The average molecular weight is 332 g/mol. The third-order valence-electron chi connectivity index (χ3n) is 3.59. The molecule has 0 aliphatic rings. The summed E-state index contributed by atoms with van der Waals surface area (Å²) in [6.07, 6.45) is 0.686. The van der Waals surface area contributed by atoms with E-state index in [0.717, 1.165) is 33.3 Å². The van der Waals surface area contributed by atoms with E-state index in [4.69, 9.17) is 14.6 Å². The highest BCUT2D eigenvalue weighted by Crippen LogP contribution is 2.31. The number of para-hydroxylation sites is 1. The second-order valence-corrected chi connectivity index (χ2v) is 6.36. The monoisotopic (exact) mass is 332 g/mol. The van der Waals surface area contributed by atoms with Gasteiger partial charge in [0.05, 0.1) is 23.4 Å². The van der Waals surface area contributed by atoms with Gasteiger partial charge in [-0.2, -0.15) is 0 Å². The van der Waals surface area contributed by atoms with Crippen molar-refractivity contribution in [3.63, 3.8) is 0 Å². The van der Waals surface area contributed by atoms with Crippen LogP contribution in [0.2, 0.25) is 0 Å². The highest BCUT2D eigenvalue weighted by molar-refractivity contribution is 7.21. The molecule has 0 aliphatic carbocycles. The van der Waals surface area contributed by atoms with Crippen molar-refractivity contribution in [3.05, 3.63) is 42.2 Å². The standard InChI is InChI=1S/C17H20N2O3S/c20-10-3-8-19(9-11-21)12-13-6-7-15(22-13)17-18-14-4-1-2-5-16(14)23-17/h1-2,4-7,20-21H,3,8-12H2. The molecule has 3 aromatic rings. The summed E-state index contributed by atoms with van der Waals surface area (Å²) in [7, 11) is 0. The van der Waals surface area contributed by atoms with E-state index >= 15 is 0 Å². The molecule has 2 aromatic heterocycles. The Hall–Kier alpha value is -1.73. The second kappa shape index (κ2) is 7.70. The third kappa shape index (κ3) is 3.97. The molecule has 0 atom stereocenters. The molecular weight excluding hydrogens is 312 g/mol. The number of rotatable bonds is 8. The minimum Gasteiger partial charge on any atom is -0.457 e. The molecule has 0 bridgehead atoms. The average Bonchev–Trinajstić information content (AvgIpc) is 3.19. The highest BCUT2D eigenvalue weighted by atomic mass is 32.1. The smallest absolute Gasteiger partial charge is 0.163 e. The Kier molecular flexibility index (Phi) is 5.40. The van der Waals surface area contributed by atoms with Crippen molar-refractivity contribution in [3.8, 4) is 10.8 Å². The van der Waals surface area contributed by atoms with Crippen LogP contribution in [0.25, 0.3) is 21.0 Å². The molecule has 5 nitrogen and oxygen atoms in total. The van der Waals surface area contributed by atoms with Crippen LogP contribution in [0.15, 0.2) is 40.8 Å². The molecular formula is C17H20N2O3S. The Morgan fingerprint density at radius 1 is 1.04 bits per heavy atom. The second-order valence-electron chi connectivity index (χ2n) is 5.33. The van der Waals surface area contributed by atoms with Crippen molar-refractivity contribution < 1.29 is 14.6 Å². The predicted molar refractivity (Wildman–Crippen MR) is 91.4 cm³/mol. The van der Waals surface area contributed by atoms with Gasteiger partial charge in [0, 0.05) is 19.7 Å². The molecule has 6 heteroatoms. The van der Waals surface area contributed by atoms with Crippen molar-refractivity contribution in [1.29, 1.82) is 0 Å². The van der Waals surface area contributed by atoms with Crippen LogP contribution in [0, 0.1) is 0 Å². The Morgan fingerprint density at radius 3 is 2.70 bits per heavy atom. The van der Waals surface area contributed by atoms with Gasteiger partial charge in [-0.25, -0.2) is 4.98 Å². The van der Waals surface area contributed by atoms with Crippen LogP contribution < -0.4 is 0 Å². The van der Waals surface area contributed by atoms with Crippen LogP contribution in [0.1, 0.15) is 12.2 Å². The van der Waals surface area contributed by atoms with E-state index in [-0.39, 0.29) is 13.2 Å². The normalized spacial score (nSPS) is 11.6. The molecule has 2 heterocycles. The number of aliphatic hydroxyl groups is 2. The molecule has 3 rings (SSSR count). The van der Waals surface area contributed by atoms with Crippen molar-refractivity contribution >= 4 is 21.6 Å². The lowest BCUT2D eigenvalue weighted by Crippen LogP contribution is -2.27. The number of fused-ring (bicyclic) bond motifs is 1. The number of aliphatic hydroxyl groups excluding tert-OH is 2. The first-order chi connectivity index (χ1) is 11.3. The summed E-state index contributed by atoms with van der Waals surface area (Å²) in [5.74, 6) is 1.61. The topological polar surface area (TPSA) is 69.7 Å². The zero-order chi connectivity index (χ0) is 16.1. The van der Waals surface area contributed by atoms with Gasteiger partial charge >= 0.3 is 0 Å². The summed E-state index contributed by atoms with van der Waals surface area (Å²) >= 11 is 1.62. The van der Waals surface area contributed by atoms with E-state index in [1.165, 1.54) is 0 Å². The van der Waals surface area contributed by atoms with Gasteiger partial charge in [-0.1, -0.05) is 12.1 Å². The van der Waals surface area contributed by atoms with E-state index in [2.05, 4.69) is 16.0 Å². The van der Waals surface area contributed by atoms with Gasteiger partial charge in [0.25, 0.3) is 0 Å². The van der Waals surface area contributed by atoms with Crippen LogP contribution in [0.5, 0.6) is 0 Å². The molecule has 1 aromatic carbocycles. The number of hydrogen-bond donors (Lipinski definition) is 2. The van der Waals surface area contributed by atoms with E-state index in [0.29, 0.717) is 19.5 Å². The fraction of sp³-hybridized carbons (Fsp3) is 0.353. The summed E-state index contributed by atoms with van der Waals surface area (Å²) in [5.41, 5.74) is 0.982. The number of hydrogen-bond acceptors (Lipinski definition) is 6. The van der Waals surface area contributed by atoms with E-state index in [1.54, 1.807) is 11.3 Å². The molecule has 0 aliphatic heterocycles. The number of aromatic nitrogens is 1. The molecule has 0 amide bonds. The van der Waals surface area contributed by atoms with Crippen LogP contribution >= 0.6 is 11.3 Å². The third-order valence-corrected chi connectivity index (χ3v) is 4.65. The Labute approximate surface area is 138 Å². The van der Waals surface area contributed by atoms with Crippen molar-refractivity contribution in [2.75, 3.05) is 26.3 Å². The molecule has 23 heavy (non-hydrogen) atoms. The number of benzene rings is 1. The molecule has 0 fully saturated rings. The van der Waals surface area contributed by atoms with Gasteiger partial charge < -0.3 is 14.6 Å². The first-order valence-corrected chi connectivity index (χ1v) is 8.50. The molecule has 2 N–H and O–H groups in total. The Bertz CT molecular complexity index is 720. The van der Waals surface area contributed by atoms with Gasteiger partial charge in [-0.05, 0) is 30.7 Å². The summed E-state index contributed by atoms with van der Waals surface area (Å²) in [4.78, 5) is 6.67. The SMILES string of the molecule is OCCCN(CCO)Cc1ccc(-c2nc3ccccc3s2)o1. The van der Waals surface area contributed by atoms with Crippen molar-refractivity contribution in [1.82, 2.24) is 9.88 Å². The van der Waals surface area contributed by atoms with Gasteiger partial charge in [0.1, 0.15) is 5.76 Å². The minimum absolute atomic E-state index is 0.0941. The fourth-order valence-corrected chi connectivity index (χ4v) is 3.41. The molecule has 122 valence electrons. The van der Waals surface area contributed by atoms with Crippen molar-refractivity contribution in [2.24, 2.45) is 0 Å². The Balaban J connectivity index is 1.73. The van der Waals surface area contributed by atoms with Gasteiger partial charge in [0.15, 0.2) is 10.8 Å². The molecule has 0 unspecified atom stereocenters. The van der Waals surface area contributed by atoms with E-state index < -0.39 is 0 Å². The fourth-order valence-electron chi connectivity index (χ4n) is 2.48. The number of thiazole rings is 1. The Morgan fingerprint density at radius 2 is 1.91 bits per heavy atom. The molecule has 0 saturated carbocycles. The van der Waals surface area contributed by atoms with Crippen LogP contribution in [-0.2, 0) is 6.54 Å². The lowest BCUT2D eigenvalue weighted by atomic mass is 10.3. The predicted octanol–water partition coefficient (Wildman–Crippen LogP) is 2.73. The lowest BCUT2D eigenvalue weighted by Gasteiger charge is -2.19. The number of furan rings is 1. The minimum atomic E-state index is 0.0941. The molecule has 0 radical (unpaired) electrons. The lowest BCUT2D eigenvalue weighted by molar-refractivity contribution is 0.166. The molecule has 0 spiro atoms. The maximum Gasteiger partial charge on any atom is 0.163 e. The van der Waals surface area contributed by atoms with Crippen LogP contribution in [0.3, 0.4) is 0 Å². The van der Waals surface area contributed by atoms with E-state index in [1.807, 2.05) is 30.3 Å². The van der Waals surface area contributed by atoms with Crippen LogP contribution in [0.4, 0.5) is 0 Å². The summed E-state index contributed by atoms with van der Waals surface area (Å²) in [6.45, 7) is 2.16. The first kappa shape index (κ1) is 16.1. The van der Waals surface area contributed by atoms with Crippen LogP contribution in [-0.4, -0.2) is 46.4 Å². The van der Waals surface area contributed by atoms with Gasteiger partial charge in [-0.15, -0.1) is 11.3 Å². The maximum atomic E-state index is 9.13. The summed E-state index contributed by atoms with van der Waals surface area (Å²) < 4.78 is 7.06. The summed E-state index contributed by atoms with van der Waals surface area (Å²) in [6, 6.07) is 11.9. The molecule has 0 saturated heterocycles.